The lowest BCUT2D eigenvalue weighted by molar-refractivity contribution is -0.118. The van der Waals surface area contributed by atoms with Crippen LogP contribution in [0.3, 0.4) is 0 Å². The molecule has 1 aromatic heterocycles. The highest BCUT2D eigenvalue weighted by Gasteiger charge is 2.05. The van der Waals surface area contributed by atoms with E-state index in [9.17, 15) is 4.79 Å². The number of hydrogen-bond donors (Lipinski definition) is 2. The summed E-state index contributed by atoms with van der Waals surface area (Å²) in [6.45, 7) is 3.95. The number of aromatic nitrogens is 3. The minimum absolute atomic E-state index is 0.0663. The molecule has 0 bridgehead atoms. The van der Waals surface area contributed by atoms with Gasteiger partial charge in [0.2, 0.25) is 5.95 Å². The maximum absolute atomic E-state index is 11.5. The van der Waals surface area contributed by atoms with Crippen LogP contribution in [0.15, 0.2) is 24.5 Å². The molecule has 94 valence electrons. The molecule has 1 aromatic carbocycles. The summed E-state index contributed by atoms with van der Waals surface area (Å²) in [6.07, 6.45) is 1.32. The van der Waals surface area contributed by atoms with Gasteiger partial charge in [-0.25, -0.2) is 5.10 Å². The Morgan fingerprint density at radius 2 is 2.22 bits per heavy atom. The van der Waals surface area contributed by atoms with E-state index >= 15 is 0 Å². The second-order valence-corrected chi connectivity index (χ2v) is 3.92. The summed E-state index contributed by atoms with van der Waals surface area (Å²) in [7, 11) is 0. The number of nitrogens with one attached hydrogen (secondary N) is 2. The van der Waals surface area contributed by atoms with Gasteiger partial charge in [-0.3, -0.25) is 10.1 Å². The van der Waals surface area contributed by atoms with Gasteiger partial charge in [-0.05, 0) is 37.1 Å². The van der Waals surface area contributed by atoms with E-state index in [1.54, 1.807) is 0 Å². The Bertz CT molecular complexity index is 537. The third-order valence-corrected chi connectivity index (χ3v) is 2.52. The van der Waals surface area contributed by atoms with Gasteiger partial charge in [0.15, 0.2) is 6.61 Å². The first-order valence-electron chi connectivity index (χ1n) is 5.50. The van der Waals surface area contributed by atoms with E-state index in [0.29, 0.717) is 11.7 Å². The molecule has 0 fully saturated rings. The quantitative estimate of drug-likeness (QED) is 0.855. The highest BCUT2D eigenvalue weighted by Crippen LogP contribution is 2.16. The van der Waals surface area contributed by atoms with E-state index < -0.39 is 0 Å². The van der Waals surface area contributed by atoms with E-state index in [1.807, 2.05) is 32.0 Å². The van der Waals surface area contributed by atoms with Crippen molar-refractivity contribution in [3.05, 3.63) is 35.7 Å². The second kappa shape index (κ2) is 5.31. The number of rotatable bonds is 4. The fraction of sp³-hybridized carbons (Fsp3) is 0.250. The zero-order valence-electron chi connectivity index (χ0n) is 10.2. The first-order valence-corrected chi connectivity index (χ1v) is 5.50. The predicted octanol–water partition coefficient (Wildman–Crippen LogP) is 1.44. The molecule has 0 aliphatic rings. The SMILES string of the molecule is Cc1ccc(OCC(=O)Nc2ncn[nH]2)cc1C. The van der Waals surface area contributed by atoms with Gasteiger partial charge in [0.05, 0.1) is 0 Å². The van der Waals surface area contributed by atoms with E-state index in [1.165, 1.54) is 11.9 Å². The normalized spacial score (nSPS) is 10.1. The summed E-state index contributed by atoms with van der Waals surface area (Å²) in [6, 6.07) is 5.69. The van der Waals surface area contributed by atoms with Crippen molar-refractivity contribution >= 4 is 11.9 Å². The molecule has 0 unspecified atom stereocenters. The van der Waals surface area contributed by atoms with Crippen LogP contribution >= 0.6 is 0 Å². The van der Waals surface area contributed by atoms with E-state index in [0.717, 1.165) is 5.56 Å². The highest BCUT2D eigenvalue weighted by molar-refractivity contribution is 5.90. The van der Waals surface area contributed by atoms with Crippen LogP contribution in [-0.2, 0) is 4.79 Å². The summed E-state index contributed by atoms with van der Waals surface area (Å²) in [5, 5.41) is 8.68. The van der Waals surface area contributed by atoms with Gasteiger partial charge < -0.3 is 4.74 Å². The minimum atomic E-state index is -0.287. The fourth-order valence-electron chi connectivity index (χ4n) is 1.39. The zero-order chi connectivity index (χ0) is 13.0. The van der Waals surface area contributed by atoms with Crippen molar-refractivity contribution in [3.8, 4) is 5.75 Å². The molecule has 0 radical (unpaired) electrons. The van der Waals surface area contributed by atoms with Crippen LogP contribution in [0.2, 0.25) is 0 Å². The predicted molar refractivity (Wildman–Crippen MR) is 66.4 cm³/mol. The number of carbonyl (C=O) groups is 1. The van der Waals surface area contributed by atoms with Gasteiger partial charge >= 0.3 is 0 Å². The molecule has 6 nitrogen and oxygen atoms in total. The molecule has 6 heteroatoms. The van der Waals surface area contributed by atoms with Gasteiger partial charge in [-0.1, -0.05) is 6.07 Å². The van der Waals surface area contributed by atoms with Gasteiger partial charge in [0.1, 0.15) is 12.1 Å². The number of aromatic amines is 1. The molecule has 0 spiro atoms. The standard InChI is InChI=1S/C12H14N4O2/c1-8-3-4-10(5-9(8)2)18-6-11(17)15-12-13-7-14-16-12/h3-5,7H,6H2,1-2H3,(H2,13,14,15,16,17). The molecule has 0 aliphatic heterocycles. The number of amides is 1. The highest BCUT2D eigenvalue weighted by atomic mass is 16.5. The summed E-state index contributed by atoms with van der Waals surface area (Å²) >= 11 is 0. The van der Waals surface area contributed by atoms with Gasteiger partial charge in [-0.2, -0.15) is 10.1 Å². The Hall–Kier alpha value is -2.37. The number of nitrogens with zero attached hydrogens (tertiary/aromatic N) is 2. The molecular weight excluding hydrogens is 232 g/mol. The molecule has 0 saturated carbocycles. The van der Waals surface area contributed by atoms with Gasteiger partial charge in [-0.15, -0.1) is 0 Å². The Kier molecular flexibility index (Phi) is 3.57. The first kappa shape index (κ1) is 12.1. The van der Waals surface area contributed by atoms with Crippen molar-refractivity contribution in [2.45, 2.75) is 13.8 Å². The van der Waals surface area contributed by atoms with Crippen molar-refractivity contribution in [1.29, 1.82) is 0 Å². The van der Waals surface area contributed by atoms with E-state index in [2.05, 4.69) is 20.5 Å². The van der Waals surface area contributed by atoms with Crippen LogP contribution in [0.25, 0.3) is 0 Å². The molecule has 2 rings (SSSR count). The Morgan fingerprint density at radius 1 is 1.39 bits per heavy atom. The summed E-state index contributed by atoms with van der Waals surface area (Å²) in [4.78, 5) is 15.3. The molecule has 1 amide bonds. The zero-order valence-corrected chi connectivity index (χ0v) is 10.2. The summed E-state index contributed by atoms with van der Waals surface area (Å²) < 4.78 is 5.38. The average Bonchev–Trinajstić information content (AvgIpc) is 2.83. The van der Waals surface area contributed by atoms with E-state index in [4.69, 9.17) is 4.74 Å². The minimum Gasteiger partial charge on any atom is -0.484 e. The maximum atomic E-state index is 11.5. The molecular formula is C12H14N4O2. The second-order valence-electron chi connectivity index (χ2n) is 3.92. The number of H-pyrrole nitrogens is 1. The Morgan fingerprint density at radius 3 is 2.89 bits per heavy atom. The lowest BCUT2D eigenvalue weighted by Crippen LogP contribution is -2.20. The van der Waals surface area contributed by atoms with Crippen LogP contribution < -0.4 is 10.1 Å². The first-order chi connectivity index (χ1) is 8.65. The smallest absolute Gasteiger partial charge is 0.264 e. The Labute approximate surface area is 104 Å². The largest absolute Gasteiger partial charge is 0.484 e. The number of ether oxygens (including phenoxy) is 1. The number of carbonyl (C=O) groups excluding carboxylic acids is 1. The van der Waals surface area contributed by atoms with Crippen LogP contribution in [-0.4, -0.2) is 27.7 Å². The summed E-state index contributed by atoms with van der Waals surface area (Å²) in [5.41, 5.74) is 2.32. The van der Waals surface area contributed by atoms with Crippen molar-refractivity contribution in [1.82, 2.24) is 15.2 Å². The van der Waals surface area contributed by atoms with Gasteiger partial charge in [0, 0.05) is 0 Å². The molecule has 2 N–H and O–H groups in total. The van der Waals surface area contributed by atoms with Crippen molar-refractivity contribution in [2.24, 2.45) is 0 Å². The van der Waals surface area contributed by atoms with Gasteiger partial charge in [0.25, 0.3) is 5.91 Å². The molecule has 2 aromatic rings. The lowest BCUT2D eigenvalue weighted by atomic mass is 10.1. The van der Waals surface area contributed by atoms with Crippen LogP contribution in [0.5, 0.6) is 5.75 Å². The summed E-state index contributed by atoms with van der Waals surface area (Å²) in [5.74, 6) is 0.694. The van der Waals surface area contributed by atoms with Crippen LogP contribution in [0.4, 0.5) is 5.95 Å². The van der Waals surface area contributed by atoms with Crippen LogP contribution in [0.1, 0.15) is 11.1 Å². The third kappa shape index (κ3) is 3.07. The number of hydrogen-bond acceptors (Lipinski definition) is 4. The number of benzene rings is 1. The Balaban J connectivity index is 1.87. The van der Waals surface area contributed by atoms with Crippen molar-refractivity contribution < 1.29 is 9.53 Å². The average molecular weight is 246 g/mol. The molecule has 0 aliphatic carbocycles. The van der Waals surface area contributed by atoms with Crippen LogP contribution in [0, 0.1) is 13.8 Å². The topological polar surface area (TPSA) is 79.9 Å². The van der Waals surface area contributed by atoms with Crippen molar-refractivity contribution in [3.63, 3.8) is 0 Å². The lowest BCUT2D eigenvalue weighted by Gasteiger charge is -2.07. The number of aryl methyl sites for hydroxylation is 2. The fourth-order valence-corrected chi connectivity index (χ4v) is 1.39. The number of anilines is 1. The molecule has 1 heterocycles. The van der Waals surface area contributed by atoms with Crippen molar-refractivity contribution in [2.75, 3.05) is 11.9 Å². The molecule has 0 saturated heterocycles. The third-order valence-electron chi connectivity index (χ3n) is 2.52. The molecule has 0 atom stereocenters. The monoisotopic (exact) mass is 246 g/mol. The maximum Gasteiger partial charge on any atom is 0.264 e. The van der Waals surface area contributed by atoms with E-state index in [-0.39, 0.29) is 12.5 Å². The molecule has 18 heavy (non-hydrogen) atoms.